The van der Waals surface area contributed by atoms with Crippen molar-refractivity contribution in [2.24, 2.45) is 0 Å². The Balaban J connectivity index is 0.00000132. The molecule has 1 aliphatic heterocycles. The van der Waals surface area contributed by atoms with E-state index in [1.54, 1.807) is 11.8 Å². The molecule has 0 saturated heterocycles. The lowest BCUT2D eigenvalue weighted by Crippen LogP contribution is -2.08. The van der Waals surface area contributed by atoms with E-state index in [0.29, 0.717) is 0 Å². The lowest BCUT2D eigenvalue weighted by molar-refractivity contribution is 0.588. The summed E-state index contributed by atoms with van der Waals surface area (Å²) in [5.74, 6) is 0.874. The first-order chi connectivity index (χ1) is 9.92. The van der Waals surface area contributed by atoms with Crippen LogP contribution in [-0.4, -0.2) is 14.5 Å². The standard InChI is InChI=1S/C16H15N3S.ClH/c1-2-9-17-13(7-1)11-20-16-18-14-8-3-5-12-6-4-10-19(16)15(12)14;/h1-3,5,7-9H,4,6,10-11H2;1H. The molecule has 21 heavy (non-hydrogen) atoms. The minimum absolute atomic E-state index is 0. The Kier molecular flexibility index (Phi) is 4.17. The third-order valence-electron chi connectivity index (χ3n) is 3.72. The number of imidazole rings is 1. The molecule has 3 nitrogen and oxygen atoms in total. The molecule has 0 N–H and O–H groups in total. The zero-order valence-corrected chi connectivity index (χ0v) is 13.2. The van der Waals surface area contributed by atoms with Gasteiger partial charge in [-0.25, -0.2) is 4.98 Å². The topological polar surface area (TPSA) is 30.7 Å². The number of hydrogen-bond acceptors (Lipinski definition) is 3. The lowest BCUT2D eigenvalue weighted by Gasteiger charge is -2.16. The van der Waals surface area contributed by atoms with Crippen LogP contribution in [0.3, 0.4) is 0 Å². The van der Waals surface area contributed by atoms with E-state index in [-0.39, 0.29) is 12.4 Å². The molecule has 0 saturated carbocycles. The summed E-state index contributed by atoms with van der Waals surface area (Å²) >= 11 is 1.78. The van der Waals surface area contributed by atoms with Crippen molar-refractivity contribution in [3.05, 3.63) is 53.9 Å². The third kappa shape index (κ3) is 2.65. The van der Waals surface area contributed by atoms with Crippen LogP contribution in [0.2, 0.25) is 0 Å². The van der Waals surface area contributed by atoms with Crippen molar-refractivity contribution in [3.63, 3.8) is 0 Å². The van der Waals surface area contributed by atoms with Gasteiger partial charge in [0.25, 0.3) is 0 Å². The van der Waals surface area contributed by atoms with Crippen LogP contribution in [0.5, 0.6) is 0 Å². The predicted octanol–water partition coefficient (Wildman–Crippen LogP) is 4.09. The molecule has 3 aromatic rings. The van der Waals surface area contributed by atoms with Crippen molar-refractivity contribution in [1.29, 1.82) is 0 Å². The summed E-state index contributed by atoms with van der Waals surface area (Å²) in [6.45, 7) is 1.08. The van der Waals surface area contributed by atoms with E-state index in [1.165, 1.54) is 23.9 Å². The number of aromatic nitrogens is 3. The van der Waals surface area contributed by atoms with Crippen molar-refractivity contribution in [1.82, 2.24) is 14.5 Å². The first-order valence-corrected chi connectivity index (χ1v) is 7.91. The molecule has 0 fully saturated rings. The van der Waals surface area contributed by atoms with Crippen LogP contribution >= 0.6 is 24.2 Å². The van der Waals surface area contributed by atoms with Crippen LogP contribution < -0.4 is 0 Å². The molecule has 0 radical (unpaired) electrons. The highest BCUT2D eigenvalue weighted by molar-refractivity contribution is 7.98. The Morgan fingerprint density at radius 2 is 2.10 bits per heavy atom. The first-order valence-electron chi connectivity index (χ1n) is 6.93. The molecule has 0 bridgehead atoms. The van der Waals surface area contributed by atoms with Gasteiger partial charge in [0.1, 0.15) is 0 Å². The zero-order chi connectivity index (χ0) is 13.4. The van der Waals surface area contributed by atoms with Crippen LogP contribution in [0.4, 0.5) is 0 Å². The molecule has 4 rings (SSSR count). The highest BCUT2D eigenvalue weighted by atomic mass is 35.5. The number of benzene rings is 1. The molecule has 1 aromatic carbocycles. The molecule has 3 heterocycles. The summed E-state index contributed by atoms with van der Waals surface area (Å²) in [5.41, 5.74) is 5.01. The molecule has 5 heteroatoms. The molecular formula is C16H16ClN3S. The van der Waals surface area contributed by atoms with E-state index in [0.717, 1.165) is 28.7 Å². The fourth-order valence-corrected chi connectivity index (χ4v) is 3.76. The molecule has 1 aliphatic rings. The number of pyridine rings is 1. The van der Waals surface area contributed by atoms with Gasteiger partial charge in [-0.3, -0.25) is 4.98 Å². The fourth-order valence-electron chi connectivity index (χ4n) is 2.81. The Morgan fingerprint density at radius 1 is 1.14 bits per heavy atom. The smallest absolute Gasteiger partial charge is 0.169 e. The lowest BCUT2D eigenvalue weighted by atomic mass is 10.1. The van der Waals surface area contributed by atoms with E-state index < -0.39 is 0 Å². The Morgan fingerprint density at radius 3 is 2.95 bits per heavy atom. The Hall–Kier alpha value is -1.52. The van der Waals surface area contributed by atoms with Gasteiger partial charge in [-0.15, -0.1) is 12.4 Å². The van der Waals surface area contributed by atoms with Gasteiger partial charge in [0, 0.05) is 18.5 Å². The van der Waals surface area contributed by atoms with Crippen molar-refractivity contribution >= 4 is 35.2 Å². The second-order valence-electron chi connectivity index (χ2n) is 5.04. The second kappa shape index (κ2) is 6.08. The zero-order valence-electron chi connectivity index (χ0n) is 11.5. The average Bonchev–Trinajstić information content (AvgIpc) is 2.87. The van der Waals surface area contributed by atoms with Gasteiger partial charge in [-0.1, -0.05) is 30.0 Å². The van der Waals surface area contributed by atoms with Gasteiger partial charge in [0.15, 0.2) is 5.16 Å². The molecule has 0 aliphatic carbocycles. The largest absolute Gasteiger partial charge is 0.319 e. The SMILES string of the molecule is Cl.c1ccc(CSc2nc3cccc4c3n2CCC4)nc1. The van der Waals surface area contributed by atoms with Gasteiger partial charge < -0.3 is 4.57 Å². The molecule has 0 amide bonds. The summed E-state index contributed by atoms with van der Waals surface area (Å²) in [7, 11) is 0. The van der Waals surface area contributed by atoms with Gasteiger partial charge in [-0.05, 0) is 36.6 Å². The molecule has 0 atom stereocenters. The number of thioether (sulfide) groups is 1. The Bertz CT molecular complexity index is 755. The predicted molar refractivity (Wildman–Crippen MR) is 89.1 cm³/mol. The van der Waals surface area contributed by atoms with E-state index in [4.69, 9.17) is 4.98 Å². The fraction of sp³-hybridized carbons (Fsp3) is 0.250. The maximum absolute atomic E-state index is 4.80. The van der Waals surface area contributed by atoms with E-state index >= 15 is 0 Å². The Labute approximate surface area is 134 Å². The third-order valence-corrected chi connectivity index (χ3v) is 4.73. The molecule has 108 valence electrons. The first kappa shape index (κ1) is 14.4. The van der Waals surface area contributed by atoms with Gasteiger partial charge >= 0.3 is 0 Å². The number of nitrogens with zero attached hydrogens (tertiary/aromatic N) is 3. The minimum atomic E-state index is 0. The van der Waals surface area contributed by atoms with Crippen molar-refractivity contribution in [2.45, 2.75) is 30.3 Å². The summed E-state index contributed by atoms with van der Waals surface area (Å²) < 4.78 is 2.38. The van der Waals surface area contributed by atoms with Crippen LogP contribution in [0, 0.1) is 0 Å². The van der Waals surface area contributed by atoms with E-state index in [9.17, 15) is 0 Å². The average molecular weight is 318 g/mol. The normalized spacial score (nSPS) is 13.1. The number of rotatable bonds is 3. The highest BCUT2D eigenvalue weighted by Gasteiger charge is 2.17. The molecular weight excluding hydrogens is 302 g/mol. The van der Waals surface area contributed by atoms with Crippen molar-refractivity contribution in [3.8, 4) is 0 Å². The summed E-state index contributed by atoms with van der Waals surface area (Å²) in [4.78, 5) is 9.17. The monoisotopic (exact) mass is 317 g/mol. The van der Waals surface area contributed by atoms with Gasteiger partial charge in [0.2, 0.25) is 0 Å². The maximum Gasteiger partial charge on any atom is 0.169 e. The summed E-state index contributed by atoms with van der Waals surface area (Å²) in [6.07, 6.45) is 4.23. The second-order valence-corrected chi connectivity index (χ2v) is 5.99. The van der Waals surface area contributed by atoms with E-state index in [1.807, 2.05) is 18.3 Å². The summed E-state index contributed by atoms with van der Waals surface area (Å²) in [5, 5.41) is 1.12. The molecule has 0 spiro atoms. The van der Waals surface area contributed by atoms with Gasteiger partial charge in [-0.2, -0.15) is 0 Å². The quantitative estimate of drug-likeness (QED) is 0.682. The maximum atomic E-state index is 4.80. The van der Waals surface area contributed by atoms with E-state index in [2.05, 4.69) is 33.8 Å². The number of aryl methyl sites for hydroxylation is 2. The number of halogens is 1. The molecule has 0 unspecified atom stereocenters. The van der Waals surface area contributed by atoms with Crippen LogP contribution in [0.25, 0.3) is 11.0 Å². The van der Waals surface area contributed by atoms with Crippen molar-refractivity contribution < 1.29 is 0 Å². The number of hydrogen-bond donors (Lipinski definition) is 0. The van der Waals surface area contributed by atoms with Crippen LogP contribution in [0.15, 0.2) is 47.8 Å². The molecule has 2 aromatic heterocycles. The van der Waals surface area contributed by atoms with Gasteiger partial charge in [0.05, 0.1) is 16.7 Å². The minimum Gasteiger partial charge on any atom is -0.319 e. The van der Waals surface area contributed by atoms with Crippen molar-refractivity contribution in [2.75, 3.05) is 0 Å². The number of para-hydroxylation sites is 1. The summed E-state index contributed by atoms with van der Waals surface area (Å²) in [6, 6.07) is 12.5. The highest BCUT2D eigenvalue weighted by Crippen LogP contribution is 2.31. The van der Waals surface area contributed by atoms with Crippen LogP contribution in [-0.2, 0) is 18.7 Å². The van der Waals surface area contributed by atoms with Crippen LogP contribution in [0.1, 0.15) is 17.7 Å².